The van der Waals surface area contributed by atoms with E-state index >= 15 is 0 Å². The largest absolute Gasteiger partial charge is 0.379 e. The first-order valence-corrected chi connectivity index (χ1v) is 41.4. The van der Waals surface area contributed by atoms with Gasteiger partial charge in [-0.15, -0.1) is 0 Å². The Morgan fingerprint density at radius 2 is 1.36 bits per heavy atom. The minimum absolute atomic E-state index is 0.0124. The van der Waals surface area contributed by atoms with Crippen LogP contribution in [0.4, 0.5) is 10.5 Å². The van der Waals surface area contributed by atoms with Crippen molar-refractivity contribution in [2.75, 3.05) is 93.3 Å². The molecule has 1 aromatic heterocycles. The Balaban J connectivity index is 1.15. The number of carbonyl (C=O) groups excluding carboxylic acids is 10. The van der Waals surface area contributed by atoms with Gasteiger partial charge in [0.05, 0.1) is 75.0 Å². The lowest BCUT2D eigenvalue weighted by molar-refractivity contribution is -0.915. The van der Waals surface area contributed by atoms with Gasteiger partial charge in [0.2, 0.25) is 50.4 Å². The summed E-state index contributed by atoms with van der Waals surface area (Å²) < 4.78 is 36.3. The third-order valence-electron chi connectivity index (χ3n) is 22.2. The number of anilines is 1. The summed E-state index contributed by atoms with van der Waals surface area (Å²) in [6.07, 6.45) is 8.99. The average Bonchev–Trinajstić information content (AvgIpc) is 1.47. The van der Waals surface area contributed by atoms with Gasteiger partial charge >= 0.3 is 6.03 Å². The van der Waals surface area contributed by atoms with E-state index < -0.39 is 75.8 Å². The molecule has 3 aromatic rings. The van der Waals surface area contributed by atoms with Gasteiger partial charge in [-0.25, -0.2) is 23.2 Å². The number of aromatic nitrogens is 2. The number of sulfone groups is 1. The highest BCUT2D eigenvalue weighted by Crippen LogP contribution is 2.33. The molecule has 3 heterocycles. The summed E-state index contributed by atoms with van der Waals surface area (Å²) in [5, 5.41) is 14.3. The molecule has 110 heavy (non-hydrogen) atoms. The number of urea groups is 1. The molecule has 2 aliphatic rings. The summed E-state index contributed by atoms with van der Waals surface area (Å²) in [4.78, 5) is 151. The maximum absolute atomic E-state index is 14.7. The fourth-order valence-corrected chi connectivity index (χ4v) is 16.0. The second-order valence-corrected chi connectivity index (χ2v) is 34.0. The minimum Gasteiger partial charge on any atom is -0.379 e. The number of likely N-dealkylation sites (tertiary alicyclic amines) is 2. The van der Waals surface area contributed by atoms with E-state index in [-0.39, 0.29) is 140 Å². The van der Waals surface area contributed by atoms with Gasteiger partial charge in [-0.3, -0.25) is 48.1 Å². The highest BCUT2D eigenvalue weighted by molar-refractivity contribution is 7.90. The predicted molar refractivity (Wildman–Crippen MR) is 425 cm³/mol. The maximum atomic E-state index is 14.7. The number of nitrogens with zero attached hydrogens (tertiary/aromatic N) is 6. The van der Waals surface area contributed by atoms with Gasteiger partial charge < -0.3 is 56.1 Å². The number of quaternary nitrogens is 1. The number of unbranched alkanes of at least 4 members (excludes halogenated alkanes) is 1. The number of hydrogen-bond donors (Lipinski definition) is 6. The van der Waals surface area contributed by atoms with Gasteiger partial charge in [0.15, 0.2) is 11.6 Å². The van der Waals surface area contributed by atoms with Crippen molar-refractivity contribution in [3.05, 3.63) is 83.7 Å². The summed E-state index contributed by atoms with van der Waals surface area (Å²) >= 11 is 0. The summed E-state index contributed by atoms with van der Waals surface area (Å²) in [6.45, 7) is 21.3. The lowest BCUT2D eigenvalue weighted by Crippen LogP contribution is -2.54. The summed E-state index contributed by atoms with van der Waals surface area (Å²) in [5.74, 6) is 0.981. The third kappa shape index (κ3) is 29.6. The quantitative estimate of drug-likeness (QED) is 0.0134. The predicted octanol–water partition coefficient (Wildman–Crippen LogP) is 8.13. The zero-order valence-electron chi connectivity index (χ0n) is 68.4. The maximum Gasteiger partial charge on any atom is 0.312 e. The Labute approximate surface area is 654 Å². The van der Waals surface area contributed by atoms with Gasteiger partial charge in [0.25, 0.3) is 0 Å². The van der Waals surface area contributed by atoms with Crippen LogP contribution >= 0.6 is 0 Å². The van der Waals surface area contributed by atoms with Crippen molar-refractivity contribution < 1.29 is 70.3 Å². The Morgan fingerprint density at radius 1 is 0.718 bits per heavy atom. The number of Topliss-reactive ketones (excluding diaryl/α,β-unsaturated/α-hetero) is 3. The topological polar surface area (TPSA) is 345 Å². The molecule has 0 radical (unpaired) electrons. The molecule has 5 rings (SSSR count). The summed E-state index contributed by atoms with van der Waals surface area (Å²) in [5.41, 5.74) is 7.84. The molecular formula is C83H129N12O14S+. The number of nitrogens with two attached hydrogens (primary N) is 1. The Bertz CT molecular complexity index is 3660. The van der Waals surface area contributed by atoms with Gasteiger partial charge in [0, 0.05) is 153 Å². The van der Waals surface area contributed by atoms with E-state index in [1.807, 2.05) is 105 Å². The second kappa shape index (κ2) is 45.5. The third-order valence-corrected chi connectivity index (χ3v) is 23.0. The van der Waals surface area contributed by atoms with Gasteiger partial charge in [-0.2, -0.15) is 0 Å². The molecular weight excluding hydrogens is 1420 g/mol. The van der Waals surface area contributed by atoms with Crippen LogP contribution in [0.5, 0.6) is 0 Å². The number of benzene rings is 2. The van der Waals surface area contributed by atoms with Gasteiger partial charge in [-0.1, -0.05) is 123 Å². The lowest BCUT2D eigenvalue weighted by atomic mass is 9.83. The lowest BCUT2D eigenvalue weighted by Gasteiger charge is -2.41. The molecule has 0 bridgehead atoms. The number of ether oxygens (including phenoxy) is 2. The van der Waals surface area contributed by atoms with E-state index in [1.54, 1.807) is 55.1 Å². The molecule has 0 aliphatic carbocycles. The highest BCUT2D eigenvalue weighted by Gasteiger charge is 2.44. The summed E-state index contributed by atoms with van der Waals surface area (Å²) in [7, 11) is 7.28. The Morgan fingerprint density at radius 3 is 1.95 bits per heavy atom. The molecule has 0 unspecified atom stereocenters. The molecule has 610 valence electrons. The zero-order valence-corrected chi connectivity index (χ0v) is 69.2. The number of likely N-dealkylation sites (N-methyl/N-ethyl adjacent to an activating group) is 2. The number of rotatable bonds is 46. The van der Waals surface area contributed by atoms with Crippen molar-refractivity contribution in [3.8, 4) is 11.8 Å². The molecule has 26 nitrogen and oxygen atoms in total. The van der Waals surface area contributed by atoms with Crippen LogP contribution in [0.15, 0.2) is 72.1 Å². The number of primary amides is 1. The van der Waals surface area contributed by atoms with Crippen molar-refractivity contribution in [1.82, 2.24) is 45.9 Å². The minimum atomic E-state index is -3.50. The smallest absolute Gasteiger partial charge is 0.312 e. The fourth-order valence-electron chi connectivity index (χ4n) is 15.5. The zero-order chi connectivity index (χ0) is 81.6. The van der Waals surface area contributed by atoms with E-state index in [0.29, 0.717) is 87.2 Å². The fraction of sp³-hybridized carbons (Fsp3) is 0.663. The van der Waals surface area contributed by atoms with E-state index in [2.05, 4.69) is 55.4 Å². The van der Waals surface area contributed by atoms with Crippen molar-refractivity contribution in [1.29, 1.82) is 0 Å². The number of carbonyl (C=O) groups is 10. The molecule has 2 saturated heterocycles. The van der Waals surface area contributed by atoms with Crippen LogP contribution in [0.2, 0.25) is 0 Å². The molecule has 2 fully saturated rings. The number of nitrogens with one attached hydrogen (secondary N) is 5. The average molecular weight is 1550 g/mol. The van der Waals surface area contributed by atoms with Crippen LogP contribution in [0.3, 0.4) is 0 Å². The summed E-state index contributed by atoms with van der Waals surface area (Å²) in [6, 6.07) is 13.5. The standard InChI is InChI=1S/C83H128N12O14S/c1-17-57(8)77(93(12)81(104)66(54(2)3)48-70(98)76(56(6)7)92(10)11)71(108-14)49-74(101)94-41-25-31-67(94)78(109-15)58(9)68(96)47-64(45-59-27-20-18-21-28-59)79(102)87-51-60-34-36-65(37-35-60)90-80(103)63(30-24-40-85-82(84)105)46-69(97)75(55(4)5)91-73(100)33-26-42-95(13)43-38-61(39-44-95)50-86-72(99)32-23-19-22-29-62-52-88-83(89-53-62)110(16,106)107/h18,20-21,27-28,34-37,52-58,61,63-64,66-67,71,75-78H,17,19,23-26,30-33,38-51H2,1-16H3,(H6-,84,85,86,87,90,91,99,100,102,103,105)/p+1/t57-,58-,61?,63+,64+,66-,67-,71+,75-,76-,77-,78+,95?/m0/s1. The molecule has 2 aliphatic heterocycles. The van der Waals surface area contributed by atoms with Crippen molar-refractivity contribution in [2.45, 2.75) is 220 Å². The normalized spacial score (nSPS) is 18.6. The first kappa shape index (κ1) is 92.6. The van der Waals surface area contributed by atoms with E-state index in [1.165, 1.54) is 19.5 Å². The highest BCUT2D eigenvalue weighted by atomic mass is 32.2. The second-order valence-electron chi connectivity index (χ2n) is 32.1. The Kier molecular flexibility index (Phi) is 38.3. The van der Waals surface area contributed by atoms with Gasteiger partial charge in [-0.05, 0) is 105 Å². The van der Waals surface area contributed by atoms with Crippen LogP contribution in [-0.4, -0.2) is 221 Å². The van der Waals surface area contributed by atoms with Crippen LogP contribution in [-0.2, 0) is 75.4 Å². The number of methoxy groups -OCH3 is 2. The van der Waals surface area contributed by atoms with Crippen molar-refractivity contribution >= 4 is 74.3 Å². The van der Waals surface area contributed by atoms with Crippen LogP contribution in [0, 0.1) is 65.1 Å². The first-order chi connectivity index (χ1) is 52.0. The number of ketones is 3. The van der Waals surface area contributed by atoms with E-state index in [0.717, 1.165) is 48.8 Å². The van der Waals surface area contributed by atoms with Crippen molar-refractivity contribution in [3.63, 3.8) is 0 Å². The molecule has 27 heteroatoms. The van der Waals surface area contributed by atoms with E-state index in [4.69, 9.17) is 15.2 Å². The van der Waals surface area contributed by atoms with Crippen LogP contribution in [0.25, 0.3) is 0 Å². The number of hydrogen-bond acceptors (Lipinski definition) is 17. The number of piperidine rings is 1. The Hall–Kier alpha value is -8.03. The first-order valence-electron chi connectivity index (χ1n) is 39.5. The molecule has 11 atom stereocenters. The molecule has 0 saturated carbocycles. The molecule has 7 N–H and O–H groups in total. The molecule has 2 aromatic carbocycles. The van der Waals surface area contributed by atoms with E-state index in [9.17, 15) is 56.4 Å². The monoisotopic (exact) mass is 1550 g/mol. The molecule has 0 spiro atoms. The van der Waals surface area contributed by atoms with Crippen LogP contribution < -0.4 is 32.3 Å². The van der Waals surface area contributed by atoms with Crippen LogP contribution in [0.1, 0.15) is 182 Å². The van der Waals surface area contributed by atoms with Gasteiger partial charge in [0.1, 0.15) is 5.78 Å². The number of amides is 8. The SMILES string of the molecule is CC[C@H](C)[C@@H]([C@@H](CC(=O)N1CCC[C@H]1[C@H](OC)[C@@H](C)C(=O)C[C@@H](Cc1ccccc1)C(=O)NCc1ccc(NC(=O)[C@H](CCCNC(N)=O)CC(=O)[C@@H](NC(=O)CCC[N+]2(C)CCC(CNC(=O)CCCC#Cc3cnc(S(C)(=O)=O)nc3)CC2)C(C)C)cc1)OC)N(C)C(=O)[C@@H](CC(=O)[C@H](C(C)C)N(C)C)C(C)C. The van der Waals surface area contributed by atoms with Crippen molar-refractivity contribution in [2.24, 2.45) is 59.0 Å². The molecule has 8 amide bonds.